The van der Waals surface area contributed by atoms with Crippen molar-refractivity contribution in [3.63, 3.8) is 0 Å². The summed E-state index contributed by atoms with van der Waals surface area (Å²) in [6.45, 7) is 4.78. The fourth-order valence-corrected chi connectivity index (χ4v) is 4.25. The van der Waals surface area contributed by atoms with Gasteiger partial charge in [-0.15, -0.1) is 0 Å². The molecule has 230 valence electrons. The van der Waals surface area contributed by atoms with Crippen molar-refractivity contribution in [2.24, 2.45) is 0 Å². The number of amides is 1. The second-order valence-electron chi connectivity index (χ2n) is 10.6. The van der Waals surface area contributed by atoms with E-state index in [-0.39, 0.29) is 6.54 Å². The van der Waals surface area contributed by atoms with E-state index in [9.17, 15) is 33.2 Å². The van der Waals surface area contributed by atoms with E-state index in [0.29, 0.717) is 23.6 Å². The Kier molecular flexibility index (Phi) is 9.75. The van der Waals surface area contributed by atoms with Crippen molar-refractivity contribution in [1.82, 2.24) is 14.9 Å². The molecule has 16 heteroatoms. The number of carboxylic acid groups (broad SMARTS) is 1. The quantitative estimate of drug-likeness (QED) is 0.179. The topological polar surface area (TPSA) is 208 Å². The summed E-state index contributed by atoms with van der Waals surface area (Å²) in [5.41, 5.74) is 5.63. The molecule has 0 aliphatic carbocycles. The molecule has 0 radical (unpaired) electrons. The number of hydrogen-bond acceptors (Lipinski definition) is 12. The molecule has 43 heavy (non-hydrogen) atoms. The Morgan fingerprint density at radius 1 is 1.00 bits per heavy atom. The molecule has 3 rings (SSSR count). The summed E-state index contributed by atoms with van der Waals surface area (Å²) in [6.07, 6.45) is 0.358. The molecule has 15 nitrogen and oxygen atoms in total. The van der Waals surface area contributed by atoms with Crippen LogP contribution in [0.5, 0.6) is 11.5 Å². The number of carbonyl (C=O) groups excluding carboxylic acids is 1. The number of aromatic nitrogens is 2. The molecule has 2 aromatic carbocycles. The Bertz CT molecular complexity index is 1610. The highest BCUT2D eigenvalue weighted by Crippen LogP contribution is 2.33. The lowest BCUT2D eigenvalue weighted by atomic mass is 10.2. The summed E-state index contributed by atoms with van der Waals surface area (Å²) in [5, 5.41) is 20.4. The highest BCUT2D eigenvalue weighted by Gasteiger charge is 2.31. The van der Waals surface area contributed by atoms with E-state index < -0.39 is 61.4 Å². The molecule has 0 saturated carbocycles. The summed E-state index contributed by atoms with van der Waals surface area (Å²) in [7, 11) is -2.38. The Labute approximate surface area is 247 Å². The Balaban J connectivity index is 1.76. The van der Waals surface area contributed by atoms with Crippen LogP contribution in [0.3, 0.4) is 0 Å². The third-order valence-electron chi connectivity index (χ3n) is 5.59. The third kappa shape index (κ3) is 9.26. The summed E-state index contributed by atoms with van der Waals surface area (Å²) < 4.78 is 35.3. The SMILES string of the molecule is CN(Cc1ccc(Oc2ccc(CN(CC(=O)O)c3nc(S(C)(=O)=O)nc(N)c3[N+](=O)[O-])cc2)cc1)C(=O)OC(C)(C)C. The number of nitrogens with two attached hydrogens (primary N) is 1. The number of anilines is 2. The third-order valence-corrected chi connectivity index (χ3v) is 6.44. The Hall–Kier alpha value is -4.99. The second-order valence-corrected chi connectivity index (χ2v) is 12.5. The summed E-state index contributed by atoms with van der Waals surface area (Å²) in [6, 6.07) is 13.5. The van der Waals surface area contributed by atoms with Crippen LogP contribution < -0.4 is 15.4 Å². The molecule has 1 aromatic heterocycles. The number of nitro groups is 1. The highest BCUT2D eigenvalue weighted by molar-refractivity contribution is 7.90. The van der Waals surface area contributed by atoms with Crippen molar-refractivity contribution in [2.75, 3.05) is 30.5 Å². The number of ether oxygens (including phenoxy) is 2. The van der Waals surface area contributed by atoms with Crippen molar-refractivity contribution < 1.29 is 37.5 Å². The number of benzene rings is 2. The maximum atomic E-state index is 12.2. The lowest BCUT2D eigenvalue weighted by Gasteiger charge is -2.24. The van der Waals surface area contributed by atoms with Crippen molar-refractivity contribution in [2.45, 2.75) is 44.6 Å². The number of sulfone groups is 1. The molecule has 0 saturated heterocycles. The molecule has 0 bridgehead atoms. The molecule has 0 unspecified atom stereocenters. The summed E-state index contributed by atoms with van der Waals surface area (Å²) in [5.74, 6) is -1.63. The first-order valence-corrected chi connectivity index (χ1v) is 14.6. The molecule has 0 aliphatic rings. The van der Waals surface area contributed by atoms with Crippen LogP contribution >= 0.6 is 0 Å². The van der Waals surface area contributed by atoms with Crippen LogP contribution in [0.1, 0.15) is 31.9 Å². The summed E-state index contributed by atoms with van der Waals surface area (Å²) >= 11 is 0. The molecule has 1 amide bonds. The van der Waals surface area contributed by atoms with Gasteiger partial charge in [-0.2, -0.15) is 9.97 Å². The van der Waals surface area contributed by atoms with E-state index in [2.05, 4.69) is 9.97 Å². The standard InChI is InChI=1S/C27H32N6O9S/c1-27(2,3)42-26(36)31(4)14-17-6-10-19(11-7-17)41-20-12-8-18(9-13-20)15-32(16-21(34)35)24-22(33(37)38)23(28)29-25(30-24)43(5,39)40/h6-13H,14-16H2,1-5H3,(H,34,35)(H2,28,29,30). The minimum atomic E-state index is -4.02. The molecule has 0 fully saturated rings. The number of nitrogen functional groups attached to an aromatic ring is 1. The molecular weight excluding hydrogens is 584 g/mol. The number of nitrogens with zero attached hydrogens (tertiary/aromatic N) is 5. The van der Waals surface area contributed by atoms with Crippen LogP contribution in [0.4, 0.5) is 22.1 Å². The first kappa shape index (κ1) is 32.5. The lowest BCUT2D eigenvalue weighted by Crippen LogP contribution is -2.33. The monoisotopic (exact) mass is 616 g/mol. The van der Waals surface area contributed by atoms with Crippen LogP contribution in [-0.2, 0) is 32.5 Å². The van der Waals surface area contributed by atoms with Crippen LogP contribution in [-0.4, -0.2) is 70.8 Å². The van der Waals surface area contributed by atoms with Gasteiger partial charge in [0, 0.05) is 26.4 Å². The zero-order valence-corrected chi connectivity index (χ0v) is 25.0. The van der Waals surface area contributed by atoms with Gasteiger partial charge in [0.2, 0.25) is 21.5 Å². The van der Waals surface area contributed by atoms with E-state index >= 15 is 0 Å². The molecule has 3 aromatic rings. The smallest absolute Gasteiger partial charge is 0.410 e. The second kappa shape index (κ2) is 12.9. The first-order chi connectivity index (χ1) is 19.9. The van der Waals surface area contributed by atoms with Crippen molar-refractivity contribution in [1.29, 1.82) is 0 Å². The van der Waals surface area contributed by atoms with Crippen molar-refractivity contribution >= 4 is 39.2 Å². The van der Waals surface area contributed by atoms with Gasteiger partial charge in [-0.1, -0.05) is 24.3 Å². The number of hydrogen-bond donors (Lipinski definition) is 2. The van der Waals surface area contributed by atoms with Crippen LogP contribution in [0.25, 0.3) is 0 Å². The average molecular weight is 617 g/mol. The fourth-order valence-electron chi connectivity index (χ4n) is 3.73. The van der Waals surface area contributed by atoms with E-state index in [1.165, 1.54) is 4.90 Å². The van der Waals surface area contributed by atoms with Crippen LogP contribution in [0.2, 0.25) is 0 Å². The predicted molar refractivity (Wildman–Crippen MR) is 156 cm³/mol. The fraction of sp³-hybridized carbons (Fsp3) is 0.333. The van der Waals surface area contributed by atoms with Gasteiger partial charge in [0.05, 0.1) is 4.92 Å². The van der Waals surface area contributed by atoms with Gasteiger partial charge < -0.3 is 30.1 Å². The Morgan fingerprint density at radius 2 is 1.51 bits per heavy atom. The molecule has 0 atom stereocenters. The van der Waals surface area contributed by atoms with Gasteiger partial charge in [0.15, 0.2) is 0 Å². The molecule has 1 heterocycles. The van der Waals surface area contributed by atoms with Gasteiger partial charge in [-0.05, 0) is 56.2 Å². The summed E-state index contributed by atoms with van der Waals surface area (Å²) in [4.78, 5) is 44.4. The minimum Gasteiger partial charge on any atom is -0.480 e. The first-order valence-electron chi connectivity index (χ1n) is 12.7. The largest absolute Gasteiger partial charge is 0.480 e. The molecule has 3 N–H and O–H groups in total. The van der Waals surface area contributed by atoms with Gasteiger partial charge in [-0.25, -0.2) is 13.2 Å². The maximum absolute atomic E-state index is 12.2. The van der Waals surface area contributed by atoms with E-state index in [0.717, 1.165) is 16.7 Å². The number of aliphatic carboxylic acids is 1. The molecule has 0 spiro atoms. The van der Waals surface area contributed by atoms with Gasteiger partial charge in [0.1, 0.15) is 23.6 Å². The Morgan fingerprint density at radius 3 is 1.95 bits per heavy atom. The predicted octanol–water partition coefficient (Wildman–Crippen LogP) is 3.62. The molecular formula is C27H32N6O9S. The van der Waals surface area contributed by atoms with E-state index in [1.54, 1.807) is 76.3 Å². The maximum Gasteiger partial charge on any atom is 0.410 e. The zero-order chi connectivity index (χ0) is 32.1. The average Bonchev–Trinajstić information content (AvgIpc) is 2.88. The van der Waals surface area contributed by atoms with E-state index in [1.807, 2.05) is 0 Å². The lowest BCUT2D eigenvalue weighted by molar-refractivity contribution is -0.383. The van der Waals surface area contributed by atoms with Gasteiger partial charge >= 0.3 is 17.7 Å². The van der Waals surface area contributed by atoms with E-state index in [4.69, 9.17) is 15.2 Å². The van der Waals surface area contributed by atoms with Gasteiger partial charge in [0.25, 0.3) is 5.16 Å². The van der Waals surface area contributed by atoms with Crippen LogP contribution in [0, 0.1) is 10.1 Å². The molecule has 0 aliphatic heterocycles. The van der Waals surface area contributed by atoms with Crippen molar-refractivity contribution in [3.8, 4) is 11.5 Å². The number of carboxylic acids is 1. The normalized spacial score (nSPS) is 11.5. The zero-order valence-electron chi connectivity index (χ0n) is 24.2. The van der Waals surface area contributed by atoms with Crippen molar-refractivity contribution in [3.05, 3.63) is 69.8 Å². The van der Waals surface area contributed by atoms with Gasteiger partial charge in [-0.3, -0.25) is 14.9 Å². The minimum absolute atomic E-state index is 0.188. The number of rotatable bonds is 11. The highest BCUT2D eigenvalue weighted by atomic mass is 32.2. The number of carbonyl (C=O) groups is 2. The van der Waals surface area contributed by atoms with Crippen LogP contribution in [0.15, 0.2) is 53.7 Å².